The summed E-state index contributed by atoms with van der Waals surface area (Å²) in [5, 5.41) is 7.25. The van der Waals surface area contributed by atoms with Gasteiger partial charge in [-0.2, -0.15) is 9.40 Å². The van der Waals surface area contributed by atoms with Gasteiger partial charge in [0, 0.05) is 31.9 Å². The molecule has 0 aliphatic heterocycles. The molecule has 0 spiro atoms. The van der Waals surface area contributed by atoms with Gasteiger partial charge in [0.2, 0.25) is 10.0 Å². The molecular weight excluding hydrogens is 292 g/mol. The van der Waals surface area contributed by atoms with Gasteiger partial charge in [-0.05, 0) is 12.6 Å². The number of sulfonamides is 1. The smallest absolute Gasteiger partial charge is 0.246 e. The van der Waals surface area contributed by atoms with Crippen molar-refractivity contribution >= 4 is 10.0 Å². The number of aromatic nitrogens is 2. The molecular formula is C13H20N4O3S. The van der Waals surface area contributed by atoms with Crippen LogP contribution in [0.2, 0.25) is 0 Å². The molecule has 2 rings (SSSR count). The van der Waals surface area contributed by atoms with Crippen molar-refractivity contribution in [3.8, 4) is 0 Å². The molecule has 0 fully saturated rings. The van der Waals surface area contributed by atoms with Gasteiger partial charge >= 0.3 is 0 Å². The maximum absolute atomic E-state index is 12.4. The van der Waals surface area contributed by atoms with Crippen LogP contribution in [-0.2, 0) is 23.1 Å². The molecule has 1 N–H and O–H groups in total. The van der Waals surface area contributed by atoms with Crippen LogP contribution in [0.15, 0.2) is 40.3 Å². The molecule has 0 saturated heterocycles. The highest BCUT2D eigenvalue weighted by molar-refractivity contribution is 7.89. The van der Waals surface area contributed by atoms with Gasteiger partial charge in [0.15, 0.2) is 0 Å². The van der Waals surface area contributed by atoms with Crippen molar-refractivity contribution in [3.05, 3.63) is 36.5 Å². The van der Waals surface area contributed by atoms with Gasteiger partial charge in [0.05, 0.1) is 25.3 Å². The lowest BCUT2D eigenvalue weighted by molar-refractivity contribution is 0.463. The maximum atomic E-state index is 12.4. The summed E-state index contributed by atoms with van der Waals surface area (Å²) in [6.45, 7) is 4.54. The van der Waals surface area contributed by atoms with E-state index in [-0.39, 0.29) is 11.4 Å². The Morgan fingerprint density at radius 1 is 1.48 bits per heavy atom. The number of likely N-dealkylation sites (N-methyl/N-ethyl adjacent to an activating group) is 1. The lowest BCUT2D eigenvalue weighted by Gasteiger charge is -2.14. The van der Waals surface area contributed by atoms with Gasteiger partial charge < -0.3 is 9.73 Å². The molecule has 7 nitrogen and oxygen atoms in total. The summed E-state index contributed by atoms with van der Waals surface area (Å²) in [4.78, 5) is 0.199. The molecule has 2 heterocycles. The van der Waals surface area contributed by atoms with E-state index in [1.54, 1.807) is 16.9 Å². The largest absolute Gasteiger partial charge is 0.472 e. The third-order valence-corrected chi connectivity index (χ3v) is 4.83. The number of hydrogen-bond donors (Lipinski definition) is 1. The highest BCUT2D eigenvalue weighted by atomic mass is 32.2. The molecule has 2 aromatic heterocycles. The number of hydrogen-bond acceptors (Lipinski definition) is 5. The van der Waals surface area contributed by atoms with Crippen molar-refractivity contribution in [1.29, 1.82) is 0 Å². The average molecular weight is 312 g/mol. The summed E-state index contributed by atoms with van der Waals surface area (Å²) < 4.78 is 32.7. The zero-order valence-electron chi connectivity index (χ0n) is 12.2. The summed E-state index contributed by atoms with van der Waals surface area (Å²) in [7, 11) is -2.00. The Kier molecular flexibility index (Phi) is 5.16. The van der Waals surface area contributed by atoms with Crippen LogP contribution in [0.3, 0.4) is 0 Å². The number of furan rings is 1. The van der Waals surface area contributed by atoms with Crippen LogP contribution in [0.1, 0.15) is 12.5 Å². The topological polar surface area (TPSA) is 80.4 Å². The molecule has 21 heavy (non-hydrogen) atoms. The van der Waals surface area contributed by atoms with E-state index in [9.17, 15) is 8.42 Å². The van der Waals surface area contributed by atoms with Gasteiger partial charge in [0.25, 0.3) is 0 Å². The number of rotatable bonds is 8. The first-order valence-corrected chi connectivity index (χ1v) is 8.18. The van der Waals surface area contributed by atoms with Crippen molar-refractivity contribution in [3.63, 3.8) is 0 Å². The SMILES string of the molecule is CCNCCn1cc(S(=O)(=O)N(C)Cc2ccoc2)cn1. The molecule has 116 valence electrons. The van der Waals surface area contributed by atoms with E-state index < -0.39 is 10.0 Å². The normalized spacial score (nSPS) is 12.1. The van der Waals surface area contributed by atoms with Crippen LogP contribution >= 0.6 is 0 Å². The predicted octanol–water partition coefficient (Wildman–Crippen LogP) is 0.906. The third kappa shape index (κ3) is 3.93. The first-order chi connectivity index (χ1) is 10.0. The van der Waals surface area contributed by atoms with Crippen LogP contribution in [0.4, 0.5) is 0 Å². The van der Waals surface area contributed by atoms with E-state index in [4.69, 9.17) is 4.42 Å². The Morgan fingerprint density at radius 3 is 2.95 bits per heavy atom. The Hall–Kier alpha value is -1.64. The van der Waals surface area contributed by atoms with Crippen LogP contribution in [0, 0.1) is 0 Å². The molecule has 0 aromatic carbocycles. The van der Waals surface area contributed by atoms with Crippen molar-refractivity contribution in [2.75, 3.05) is 20.1 Å². The van der Waals surface area contributed by atoms with Crippen LogP contribution in [0.25, 0.3) is 0 Å². The molecule has 0 bridgehead atoms. The lowest BCUT2D eigenvalue weighted by Crippen LogP contribution is -2.26. The first kappa shape index (κ1) is 15.7. The molecule has 0 aliphatic rings. The van der Waals surface area contributed by atoms with Crippen molar-refractivity contribution < 1.29 is 12.8 Å². The van der Waals surface area contributed by atoms with Crippen molar-refractivity contribution in [2.45, 2.75) is 24.9 Å². The molecule has 0 saturated carbocycles. The number of nitrogens with one attached hydrogen (secondary N) is 1. The van der Waals surface area contributed by atoms with E-state index in [1.165, 1.54) is 30.1 Å². The standard InChI is InChI=1S/C13H20N4O3S/c1-3-14-5-6-17-10-13(8-15-17)21(18,19)16(2)9-12-4-7-20-11-12/h4,7-8,10-11,14H,3,5-6,9H2,1-2H3. The zero-order chi connectivity index (χ0) is 15.3. The summed E-state index contributed by atoms with van der Waals surface area (Å²) in [5.41, 5.74) is 0.806. The molecule has 0 radical (unpaired) electrons. The van der Waals surface area contributed by atoms with Gasteiger partial charge in [-0.3, -0.25) is 4.68 Å². The highest BCUT2D eigenvalue weighted by Crippen LogP contribution is 2.16. The molecule has 2 aromatic rings. The Morgan fingerprint density at radius 2 is 2.29 bits per heavy atom. The van der Waals surface area contributed by atoms with E-state index in [0.717, 1.165) is 18.7 Å². The Bertz CT molecular complexity index is 649. The fourth-order valence-corrected chi connectivity index (χ4v) is 2.99. The Labute approximate surface area is 124 Å². The van der Waals surface area contributed by atoms with Crippen LogP contribution in [0.5, 0.6) is 0 Å². The van der Waals surface area contributed by atoms with Crippen molar-refractivity contribution in [1.82, 2.24) is 19.4 Å². The van der Waals surface area contributed by atoms with E-state index in [1.807, 2.05) is 6.92 Å². The lowest BCUT2D eigenvalue weighted by atomic mass is 10.3. The van der Waals surface area contributed by atoms with Gasteiger partial charge in [-0.25, -0.2) is 8.42 Å². The maximum Gasteiger partial charge on any atom is 0.246 e. The summed E-state index contributed by atoms with van der Waals surface area (Å²) >= 11 is 0. The number of nitrogens with zero attached hydrogens (tertiary/aromatic N) is 3. The highest BCUT2D eigenvalue weighted by Gasteiger charge is 2.23. The fraction of sp³-hybridized carbons (Fsp3) is 0.462. The minimum Gasteiger partial charge on any atom is -0.472 e. The average Bonchev–Trinajstić information content (AvgIpc) is 3.10. The molecule has 8 heteroatoms. The first-order valence-electron chi connectivity index (χ1n) is 6.74. The molecule has 0 unspecified atom stereocenters. The Balaban J connectivity index is 2.04. The zero-order valence-corrected chi connectivity index (χ0v) is 13.0. The van der Waals surface area contributed by atoms with E-state index in [2.05, 4.69) is 10.4 Å². The monoisotopic (exact) mass is 312 g/mol. The van der Waals surface area contributed by atoms with Gasteiger partial charge in [-0.15, -0.1) is 0 Å². The molecule has 0 aliphatic carbocycles. The summed E-state index contributed by atoms with van der Waals surface area (Å²) in [5.74, 6) is 0. The van der Waals surface area contributed by atoms with Gasteiger partial charge in [0.1, 0.15) is 4.90 Å². The fourth-order valence-electron chi connectivity index (χ4n) is 1.88. The van der Waals surface area contributed by atoms with Crippen molar-refractivity contribution in [2.24, 2.45) is 0 Å². The predicted molar refractivity (Wildman–Crippen MR) is 78.1 cm³/mol. The quantitative estimate of drug-likeness (QED) is 0.733. The third-order valence-electron chi connectivity index (χ3n) is 3.07. The second-order valence-corrected chi connectivity index (χ2v) is 6.73. The summed E-state index contributed by atoms with van der Waals surface area (Å²) in [6.07, 6.45) is 5.99. The van der Waals surface area contributed by atoms with E-state index in [0.29, 0.717) is 6.54 Å². The van der Waals surface area contributed by atoms with Gasteiger partial charge in [-0.1, -0.05) is 6.92 Å². The minimum atomic E-state index is -3.54. The van der Waals surface area contributed by atoms with E-state index >= 15 is 0 Å². The summed E-state index contributed by atoms with van der Waals surface area (Å²) in [6, 6.07) is 1.74. The minimum absolute atomic E-state index is 0.199. The van der Waals surface area contributed by atoms with Crippen LogP contribution < -0.4 is 5.32 Å². The second-order valence-electron chi connectivity index (χ2n) is 4.69. The van der Waals surface area contributed by atoms with Crippen LogP contribution in [-0.4, -0.2) is 42.6 Å². The molecule has 0 atom stereocenters. The molecule has 0 amide bonds. The second kappa shape index (κ2) is 6.88.